The molecule has 0 saturated heterocycles. The molecule has 100 valence electrons. The van der Waals surface area contributed by atoms with Crippen molar-refractivity contribution >= 4 is 29.2 Å². The number of carboxylic acid groups (broad SMARTS) is 1. The smallest absolute Gasteiger partial charge is 0.331 e. The van der Waals surface area contributed by atoms with Crippen LogP contribution < -0.4 is 9.64 Å². The second-order valence-corrected chi connectivity index (χ2v) is 4.53. The third-order valence-electron chi connectivity index (χ3n) is 2.78. The minimum Gasteiger partial charge on any atom is -0.482 e. The molecule has 1 amide bonds. The molecule has 19 heavy (non-hydrogen) atoms. The lowest BCUT2D eigenvalue weighted by molar-refractivity contribution is -0.132. The number of anilines is 1. The standard InChI is InChI=1S/C13H12ClNO4/c1-8(13(17)18)4-5-15-10-6-9(14)2-3-11(10)19-7-12(15)16/h2-4,6H,5,7H2,1H3,(H,17,18). The van der Waals surface area contributed by atoms with Crippen molar-refractivity contribution in [3.05, 3.63) is 34.9 Å². The van der Waals surface area contributed by atoms with Crippen molar-refractivity contribution in [2.75, 3.05) is 18.1 Å². The summed E-state index contributed by atoms with van der Waals surface area (Å²) in [5.74, 6) is -0.679. The maximum Gasteiger partial charge on any atom is 0.331 e. The molecule has 1 N–H and O–H groups in total. The van der Waals surface area contributed by atoms with Gasteiger partial charge in [-0.05, 0) is 25.1 Å². The zero-order chi connectivity index (χ0) is 14.0. The van der Waals surface area contributed by atoms with Crippen molar-refractivity contribution in [3.8, 4) is 5.75 Å². The average molecular weight is 282 g/mol. The molecular formula is C13H12ClNO4. The third-order valence-corrected chi connectivity index (χ3v) is 3.02. The van der Waals surface area contributed by atoms with Gasteiger partial charge in [0, 0.05) is 17.1 Å². The van der Waals surface area contributed by atoms with E-state index in [1.165, 1.54) is 17.9 Å². The van der Waals surface area contributed by atoms with Crippen LogP contribution in [-0.4, -0.2) is 30.1 Å². The number of fused-ring (bicyclic) bond motifs is 1. The molecule has 0 unspecified atom stereocenters. The Morgan fingerprint density at radius 2 is 2.32 bits per heavy atom. The Morgan fingerprint density at radius 1 is 1.58 bits per heavy atom. The molecule has 2 rings (SSSR count). The molecule has 0 fully saturated rings. The van der Waals surface area contributed by atoms with Crippen molar-refractivity contribution in [1.82, 2.24) is 0 Å². The van der Waals surface area contributed by atoms with E-state index in [2.05, 4.69) is 0 Å². The van der Waals surface area contributed by atoms with Crippen LogP contribution in [0.25, 0.3) is 0 Å². The van der Waals surface area contributed by atoms with Gasteiger partial charge in [-0.15, -0.1) is 0 Å². The number of aliphatic carboxylic acids is 1. The summed E-state index contributed by atoms with van der Waals surface area (Å²) >= 11 is 5.90. The van der Waals surface area contributed by atoms with Crippen LogP contribution in [-0.2, 0) is 9.59 Å². The van der Waals surface area contributed by atoms with Crippen LogP contribution in [0.15, 0.2) is 29.8 Å². The number of rotatable bonds is 3. The molecule has 1 aliphatic heterocycles. The van der Waals surface area contributed by atoms with E-state index in [-0.39, 0.29) is 24.6 Å². The molecule has 0 atom stereocenters. The van der Waals surface area contributed by atoms with E-state index in [0.29, 0.717) is 16.5 Å². The first kappa shape index (κ1) is 13.4. The second-order valence-electron chi connectivity index (χ2n) is 4.10. The SMILES string of the molecule is CC(=CCN1C(=O)COc2ccc(Cl)cc21)C(=O)O. The van der Waals surface area contributed by atoms with Crippen LogP contribution in [0.4, 0.5) is 5.69 Å². The van der Waals surface area contributed by atoms with Gasteiger partial charge in [-0.25, -0.2) is 4.79 Å². The van der Waals surface area contributed by atoms with E-state index in [0.717, 1.165) is 0 Å². The van der Waals surface area contributed by atoms with Crippen molar-refractivity contribution in [2.45, 2.75) is 6.92 Å². The first-order valence-corrected chi connectivity index (χ1v) is 5.99. The summed E-state index contributed by atoms with van der Waals surface area (Å²) in [6.07, 6.45) is 1.48. The van der Waals surface area contributed by atoms with E-state index in [1.54, 1.807) is 18.2 Å². The number of hydrogen-bond donors (Lipinski definition) is 1. The first-order chi connectivity index (χ1) is 8.99. The number of carbonyl (C=O) groups excluding carboxylic acids is 1. The molecule has 1 aliphatic rings. The summed E-state index contributed by atoms with van der Waals surface area (Å²) < 4.78 is 5.29. The minimum atomic E-state index is -1.01. The molecule has 5 nitrogen and oxygen atoms in total. The Labute approximate surface area is 115 Å². The van der Waals surface area contributed by atoms with Gasteiger partial charge in [-0.3, -0.25) is 4.79 Å². The maximum atomic E-state index is 11.8. The summed E-state index contributed by atoms with van der Waals surface area (Å²) in [4.78, 5) is 24.0. The lowest BCUT2D eigenvalue weighted by Crippen LogP contribution is -2.39. The third kappa shape index (κ3) is 2.88. The van der Waals surface area contributed by atoms with Crippen LogP contribution in [0, 0.1) is 0 Å². The van der Waals surface area contributed by atoms with Crippen LogP contribution in [0.1, 0.15) is 6.92 Å². The van der Waals surface area contributed by atoms with Gasteiger partial charge in [0.2, 0.25) is 0 Å². The van der Waals surface area contributed by atoms with Crippen LogP contribution in [0.2, 0.25) is 5.02 Å². The van der Waals surface area contributed by atoms with E-state index in [4.69, 9.17) is 21.4 Å². The average Bonchev–Trinajstić information content (AvgIpc) is 2.37. The van der Waals surface area contributed by atoms with Crippen LogP contribution >= 0.6 is 11.6 Å². The van der Waals surface area contributed by atoms with Crippen molar-refractivity contribution in [2.24, 2.45) is 0 Å². The predicted molar refractivity (Wildman–Crippen MR) is 70.7 cm³/mol. The maximum absolute atomic E-state index is 11.8. The quantitative estimate of drug-likeness (QED) is 0.862. The Bertz CT molecular complexity index is 568. The highest BCUT2D eigenvalue weighted by Crippen LogP contribution is 2.34. The summed E-state index contributed by atoms with van der Waals surface area (Å²) in [6, 6.07) is 4.98. The molecule has 0 bridgehead atoms. The first-order valence-electron chi connectivity index (χ1n) is 5.62. The molecule has 0 radical (unpaired) electrons. The lowest BCUT2D eigenvalue weighted by atomic mass is 10.2. The van der Waals surface area contributed by atoms with Gasteiger partial charge in [0.25, 0.3) is 5.91 Å². The van der Waals surface area contributed by atoms with Gasteiger partial charge in [0.1, 0.15) is 5.75 Å². The van der Waals surface area contributed by atoms with Gasteiger partial charge < -0.3 is 14.7 Å². The highest BCUT2D eigenvalue weighted by molar-refractivity contribution is 6.31. The summed E-state index contributed by atoms with van der Waals surface area (Å²) in [7, 11) is 0. The van der Waals surface area contributed by atoms with Gasteiger partial charge in [0.05, 0.1) is 5.69 Å². The fourth-order valence-electron chi connectivity index (χ4n) is 1.69. The van der Waals surface area contributed by atoms with E-state index < -0.39 is 5.97 Å². The molecule has 6 heteroatoms. The molecule has 0 aromatic heterocycles. The van der Waals surface area contributed by atoms with Crippen molar-refractivity contribution in [3.63, 3.8) is 0 Å². The molecule has 1 aromatic rings. The van der Waals surface area contributed by atoms with Gasteiger partial charge in [0.15, 0.2) is 6.61 Å². The predicted octanol–water partition coefficient (Wildman–Crippen LogP) is 2.10. The normalized spacial score (nSPS) is 14.9. The minimum absolute atomic E-state index is 0.0609. The Hall–Kier alpha value is -2.01. The molecule has 0 aliphatic carbocycles. The number of hydrogen-bond acceptors (Lipinski definition) is 3. The zero-order valence-corrected chi connectivity index (χ0v) is 11.0. The summed E-state index contributed by atoms with van der Waals surface area (Å²) in [5, 5.41) is 9.29. The monoisotopic (exact) mass is 281 g/mol. The second kappa shape index (κ2) is 5.32. The highest BCUT2D eigenvalue weighted by atomic mass is 35.5. The van der Waals surface area contributed by atoms with Gasteiger partial charge >= 0.3 is 5.97 Å². The van der Waals surface area contributed by atoms with Crippen molar-refractivity contribution in [1.29, 1.82) is 0 Å². The van der Waals surface area contributed by atoms with E-state index >= 15 is 0 Å². The largest absolute Gasteiger partial charge is 0.482 e. The molecule has 0 saturated carbocycles. The zero-order valence-electron chi connectivity index (χ0n) is 10.2. The topological polar surface area (TPSA) is 66.8 Å². The molecule has 0 spiro atoms. The molecule has 1 aromatic carbocycles. The number of carboxylic acids is 1. The summed E-state index contributed by atoms with van der Waals surface area (Å²) in [6.45, 7) is 1.59. The lowest BCUT2D eigenvalue weighted by Gasteiger charge is -2.28. The Balaban J connectivity index is 2.30. The summed E-state index contributed by atoms with van der Waals surface area (Å²) in [5.41, 5.74) is 0.737. The molecular weight excluding hydrogens is 270 g/mol. The fraction of sp³-hybridized carbons (Fsp3) is 0.231. The number of nitrogens with zero attached hydrogens (tertiary/aromatic N) is 1. The van der Waals surface area contributed by atoms with E-state index in [9.17, 15) is 9.59 Å². The Kier molecular flexibility index (Phi) is 3.76. The van der Waals surface area contributed by atoms with Crippen LogP contribution in [0.3, 0.4) is 0 Å². The highest BCUT2D eigenvalue weighted by Gasteiger charge is 2.25. The number of benzene rings is 1. The fourth-order valence-corrected chi connectivity index (χ4v) is 1.86. The number of amides is 1. The number of carbonyl (C=O) groups is 2. The van der Waals surface area contributed by atoms with Crippen molar-refractivity contribution < 1.29 is 19.4 Å². The molecule has 1 heterocycles. The van der Waals surface area contributed by atoms with E-state index in [1.807, 2.05) is 0 Å². The number of halogens is 1. The van der Waals surface area contributed by atoms with Gasteiger partial charge in [-0.2, -0.15) is 0 Å². The Morgan fingerprint density at radius 3 is 3.00 bits per heavy atom. The van der Waals surface area contributed by atoms with Gasteiger partial charge in [-0.1, -0.05) is 17.7 Å². The number of ether oxygens (including phenoxy) is 1. The van der Waals surface area contributed by atoms with Crippen LogP contribution in [0.5, 0.6) is 5.75 Å².